The number of nitrogens with two attached hydrogens (primary N) is 1. The van der Waals surface area contributed by atoms with Crippen LogP contribution in [-0.2, 0) is 9.53 Å². The van der Waals surface area contributed by atoms with Gasteiger partial charge in [0, 0.05) is 0 Å². The molecule has 4 heteroatoms. The lowest BCUT2D eigenvalue weighted by molar-refractivity contribution is -0.126. The van der Waals surface area contributed by atoms with Gasteiger partial charge >= 0.3 is 0 Å². The quantitative estimate of drug-likeness (QED) is 0.420. The summed E-state index contributed by atoms with van der Waals surface area (Å²) in [5, 5.41) is 8.67. The standard InChI is InChI=1S/C4H7NO3/c5-4(7)3(6)2-1-8-2/h2-3,6H,1H2,(H2,5,7)/t2-,3-/m0/s1. The number of carbonyl (C=O) groups is 1. The van der Waals surface area contributed by atoms with E-state index in [9.17, 15) is 4.79 Å². The highest BCUT2D eigenvalue weighted by molar-refractivity contribution is 5.79. The van der Waals surface area contributed by atoms with Gasteiger partial charge in [0.1, 0.15) is 6.10 Å². The molecule has 0 aromatic heterocycles. The molecule has 2 atom stereocenters. The molecule has 0 radical (unpaired) electrons. The maximum atomic E-state index is 10.1. The monoisotopic (exact) mass is 117 g/mol. The van der Waals surface area contributed by atoms with E-state index in [1.54, 1.807) is 0 Å². The van der Waals surface area contributed by atoms with Crippen molar-refractivity contribution in [2.45, 2.75) is 12.2 Å². The molecule has 0 bridgehead atoms. The van der Waals surface area contributed by atoms with E-state index in [1.807, 2.05) is 0 Å². The van der Waals surface area contributed by atoms with Gasteiger partial charge in [-0.15, -0.1) is 0 Å². The Hall–Kier alpha value is -0.610. The lowest BCUT2D eigenvalue weighted by Gasteiger charge is -1.97. The van der Waals surface area contributed by atoms with Crippen molar-refractivity contribution in [3.63, 3.8) is 0 Å². The Morgan fingerprint density at radius 2 is 2.50 bits per heavy atom. The fourth-order valence-electron chi connectivity index (χ4n) is 0.421. The molecule has 1 rings (SSSR count). The number of primary amides is 1. The molecule has 0 aromatic rings. The van der Waals surface area contributed by atoms with Crippen LogP contribution in [0.2, 0.25) is 0 Å². The van der Waals surface area contributed by atoms with Gasteiger partial charge in [0.2, 0.25) is 5.91 Å². The van der Waals surface area contributed by atoms with Crippen LogP contribution in [0.25, 0.3) is 0 Å². The maximum absolute atomic E-state index is 10.1. The second kappa shape index (κ2) is 1.72. The van der Waals surface area contributed by atoms with Crippen LogP contribution in [0.5, 0.6) is 0 Å². The minimum Gasteiger partial charge on any atom is -0.380 e. The van der Waals surface area contributed by atoms with Gasteiger partial charge in [0.25, 0.3) is 0 Å². The Morgan fingerprint density at radius 1 is 2.00 bits per heavy atom. The minimum atomic E-state index is -1.10. The summed E-state index contributed by atoms with van der Waals surface area (Å²) < 4.78 is 4.58. The van der Waals surface area contributed by atoms with Crippen LogP contribution >= 0.6 is 0 Å². The second-order valence-electron chi connectivity index (χ2n) is 1.72. The van der Waals surface area contributed by atoms with Gasteiger partial charge in [-0.3, -0.25) is 4.79 Å². The highest BCUT2D eigenvalue weighted by Crippen LogP contribution is 2.12. The van der Waals surface area contributed by atoms with Gasteiger partial charge in [-0.2, -0.15) is 0 Å². The summed E-state index contributed by atoms with van der Waals surface area (Å²) in [5.41, 5.74) is 4.71. The van der Waals surface area contributed by atoms with Crippen molar-refractivity contribution in [3.8, 4) is 0 Å². The molecular weight excluding hydrogens is 110 g/mol. The number of aliphatic hydroxyl groups excluding tert-OH is 1. The van der Waals surface area contributed by atoms with Gasteiger partial charge in [-0.25, -0.2) is 0 Å². The Morgan fingerprint density at radius 3 is 2.62 bits per heavy atom. The maximum Gasteiger partial charge on any atom is 0.249 e. The van der Waals surface area contributed by atoms with Gasteiger partial charge in [-0.1, -0.05) is 0 Å². The van der Waals surface area contributed by atoms with E-state index in [0.29, 0.717) is 6.61 Å². The van der Waals surface area contributed by atoms with Crippen molar-refractivity contribution in [2.75, 3.05) is 6.61 Å². The number of amides is 1. The first-order valence-corrected chi connectivity index (χ1v) is 2.31. The van der Waals surface area contributed by atoms with Crippen molar-refractivity contribution >= 4 is 5.91 Å². The van der Waals surface area contributed by atoms with Crippen LogP contribution in [0.15, 0.2) is 0 Å². The van der Waals surface area contributed by atoms with Crippen molar-refractivity contribution < 1.29 is 14.6 Å². The van der Waals surface area contributed by atoms with Gasteiger partial charge < -0.3 is 15.6 Å². The van der Waals surface area contributed by atoms with Crippen LogP contribution in [0.3, 0.4) is 0 Å². The predicted octanol–water partition coefficient (Wildman–Crippen LogP) is -1.77. The van der Waals surface area contributed by atoms with Gasteiger partial charge in [0.05, 0.1) is 6.61 Å². The summed E-state index contributed by atoms with van der Waals surface area (Å²) in [6.07, 6.45) is -1.43. The summed E-state index contributed by atoms with van der Waals surface area (Å²) in [4.78, 5) is 10.1. The van der Waals surface area contributed by atoms with Crippen LogP contribution < -0.4 is 5.73 Å². The molecule has 0 saturated carbocycles. The van der Waals surface area contributed by atoms with Crippen molar-refractivity contribution in [2.24, 2.45) is 5.73 Å². The predicted molar refractivity (Wildman–Crippen MR) is 24.9 cm³/mol. The molecule has 1 amide bonds. The van der Waals surface area contributed by atoms with E-state index in [1.165, 1.54) is 0 Å². The summed E-state index contributed by atoms with van der Waals surface area (Å²) in [5.74, 6) is -0.715. The van der Waals surface area contributed by atoms with Crippen molar-refractivity contribution in [1.29, 1.82) is 0 Å². The topological polar surface area (TPSA) is 75.9 Å². The fraction of sp³-hybridized carbons (Fsp3) is 0.750. The largest absolute Gasteiger partial charge is 0.380 e. The van der Waals surface area contributed by atoms with E-state index < -0.39 is 12.0 Å². The zero-order chi connectivity index (χ0) is 6.15. The summed E-state index contributed by atoms with van der Waals surface area (Å²) in [6.45, 7) is 0.449. The lowest BCUT2D eigenvalue weighted by atomic mass is 10.3. The normalized spacial score (nSPS) is 29.4. The third-order valence-electron chi connectivity index (χ3n) is 1.00. The van der Waals surface area contributed by atoms with E-state index in [2.05, 4.69) is 4.74 Å². The van der Waals surface area contributed by atoms with Crippen molar-refractivity contribution in [3.05, 3.63) is 0 Å². The molecule has 0 aromatic carbocycles. The number of hydrogen-bond acceptors (Lipinski definition) is 3. The SMILES string of the molecule is NC(=O)[C@@H](O)[C@@H]1CO1. The highest BCUT2D eigenvalue weighted by Gasteiger charge is 2.34. The van der Waals surface area contributed by atoms with Crippen LogP contribution in [0.4, 0.5) is 0 Å². The Kier molecular flexibility index (Phi) is 1.19. The number of ether oxygens (including phenoxy) is 1. The van der Waals surface area contributed by atoms with Crippen LogP contribution in [0, 0.1) is 0 Å². The van der Waals surface area contributed by atoms with E-state index >= 15 is 0 Å². The molecule has 0 spiro atoms. The fourth-order valence-corrected chi connectivity index (χ4v) is 0.421. The highest BCUT2D eigenvalue weighted by atomic mass is 16.6. The third-order valence-corrected chi connectivity index (χ3v) is 1.00. The molecule has 1 saturated heterocycles. The Bertz CT molecular complexity index is 110. The smallest absolute Gasteiger partial charge is 0.249 e. The number of rotatable bonds is 2. The Labute approximate surface area is 46.2 Å². The second-order valence-corrected chi connectivity index (χ2v) is 1.72. The molecule has 46 valence electrons. The zero-order valence-corrected chi connectivity index (χ0v) is 4.20. The lowest BCUT2D eigenvalue weighted by Crippen LogP contribution is -2.32. The first kappa shape index (κ1) is 5.53. The molecule has 3 N–H and O–H groups in total. The Balaban J connectivity index is 2.32. The average Bonchev–Trinajstić information content (AvgIpc) is 2.43. The molecular formula is C4H7NO3. The molecule has 1 fully saturated rings. The third kappa shape index (κ3) is 0.962. The van der Waals surface area contributed by atoms with E-state index in [0.717, 1.165) is 0 Å². The molecule has 8 heavy (non-hydrogen) atoms. The first-order valence-electron chi connectivity index (χ1n) is 2.31. The zero-order valence-electron chi connectivity index (χ0n) is 4.20. The number of carbonyl (C=O) groups excluding carboxylic acids is 1. The summed E-state index contributed by atoms with van der Waals surface area (Å²) in [7, 11) is 0. The summed E-state index contributed by atoms with van der Waals surface area (Å²) >= 11 is 0. The van der Waals surface area contributed by atoms with E-state index in [-0.39, 0.29) is 6.10 Å². The molecule has 0 unspecified atom stereocenters. The molecule has 0 aliphatic carbocycles. The van der Waals surface area contributed by atoms with Crippen LogP contribution in [-0.4, -0.2) is 29.8 Å². The van der Waals surface area contributed by atoms with Crippen LogP contribution in [0.1, 0.15) is 0 Å². The number of hydrogen-bond donors (Lipinski definition) is 2. The van der Waals surface area contributed by atoms with Crippen molar-refractivity contribution in [1.82, 2.24) is 0 Å². The average molecular weight is 117 g/mol. The molecule has 1 aliphatic heterocycles. The first-order chi connectivity index (χ1) is 3.72. The summed E-state index contributed by atoms with van der Waals surface area (Å²) in [6, 6.07) is 0. The number of epoxide rings is 1. The molecule has 1 heterocycles. The number of aliphatic hydroxyl groups is 1. The molecule has 1 aliphatic rings. The molecule has 4 nitrogen and oxygen atoms in total. The van der Waals surface area contributed by atoms with Gasteiger partial charge in [0.15, 0.2) is 6.10 Å². The minimum absolute atomic E-state index is 0.326. The van der Waals surface area contributed by atoms with E-state index in [4.69, 9.17) is 10.8 Å². The van der Waals surface area contributed by atoms with Gasteiger partial charge in [-0.05, 0) is 0 Å².